The summed E-state index contributed by atoms with van der Waals surface area (Å²) in [5.41, 5.74) is 1.43. The van der Waals surface area contributed by atoms with Gasteiger partial charge in [-0.3, -0.25) is 4.79 Å². The van der Waals surface area contributed by atoms with E-state index in [9.17, 15) is 4.79 Å². The highest BCUT2D eigenvalue weighted by Gasteiger charge is 2.22. The first kappa shape index (κ1) is 16.5. The summed E-state index contributed by atoms with van der Waals surface area (Å²) in [6.07, 6.45) is 1.95. The second-order valence-corrected chi connectivity index (χ2v) is 6.41. The Bertz CT molecular complexity index is 645. The summed E-state index contributed by atoms with van der Waals surface area (Å²) < 4.78 is 1.97. The maximum atomic E-state index is 13.0. The molecule has 5 heteroatoms. The Kier molecular flexibility index (Phi) is 5.19. The molecule has 1 amide bonds. The number of rotatable bonds is 6. The van der Waals surface area contributed by atoms with Crippen LogP contribution in [0.1, 0.15) is 30.2 Å². The Balaban J connectivity index is 2.31. The Morgan fingerprint density at radius 1 is 1.27 bits per heavy atom. The lowest BCUT2D eigenvalue weighted by Gasteiger charge is -2.25. The molecule has 2 heterocycles. The van der Waals surface area contributed by atoms with Gasteiger partial charge in [-0.25, -0.2) is 4.98 Å². The minimum Gasteiger partial charge on any atom is -0.336 e. The summed E-state index contributed by atoms with van der Waals surface area (Å²) >= 11 is 0. The maximum absolute atomic E-state index is 13.0. The minimum atomic E-state index is 0.0207. The van der Waals surface area contributed by atoms with Gasteiger partial charge >= 0.3 is 0 Å². The van der Waals surface area contributed by atoms with Crippen LogP contribution in [0.5, 0.6) is 0 Å². The zero-order chi connectivity index (χ0) is 16.3. The molecule has 0 N–H and O–H groups in total. The average molecular weight is 302 g/mol. The lowest BCUT2D eigenvalue weighted by Crippen LogP contribution is -2.39. The van der Waals surface area contributed by atoms with Crippen molar-refractivity contribution in [2.75, 3.05) is 33.7 Å². The fourth-order valence-electron chi connectivity index (χ4n) is 2.54. The van der Waals surface area contributed by atoms with Crippen LogP contribution in [0.2, 0.25) is 0 Å². The van der Waals surface area contributed by atoms with Crippen LogP contribution in [0.4, 0.5) is 0 Å². The number of pyridine rings is 1. The molecule has 22 heavy (non-hydrogen) atoms. The molecule has 0 atom stereocenters. The van der Waals surface area contributed by atoms with Gasteiger partial charge in [0, 0.05) is 25.8 Å². The molecule has 0 aromatic carbocycles. The summed E-state index contributed by atoms with van der Waals surface area (Å²) in [7, 11) is 4.04. The lowest BCUT2D eigenvalue weighted by atomic mass is 10.2. The largest absolute Gasteiger partial charge is 0.336 e. The Hall–Kier alpha value is -1.88. The highest BCUT2D eigenvalue weighted by Crippen LogP contribution is 2.15. The third-order valence-electron chi connectivity index (χ3n) is 3.62. The first-order valence-electron chi connectivity index (χ1n) is 7.78. The van der Waals surface area contributed by atoms with Crippen LogP contribution in [0.3, 0.4) is 0 Å². The van der Waals surface area contributed by atoms with E-state index in [0.29, 0.717) is 11.6 Å². The molecule has 2 rings (SSSR count). The molecular formula is C17H26N4O. The number of hydrogen-bond donors (Lipinski definition) is 0. The number of carbonyl (C=O) groups excluding carboxylic acids is 1. The molecule has 0 unspecified atom stereocenters. The summed E-state index contributed by atoms with van der Waals surface area (Å²) in [6.45, 7) is 8.50. The molecule has 2 aromatic heterocycles. The lowest BCUT2D eigenvalue weighted by molar-refractivity contribution is 0.0721. The molecule has 2 aromatic rings. The number of imidazole rings is 1. The van der Waals surface area contributed by atoms with Gasteiger partial charge in [-0.05, 0) is 39.1 Å². The van der Waals surface area contributed by atoms with Crippen LogP contribution in [0, 0.1) is 12.8 Å². The monoisotopic (exact) mass is 302 g/mol. The van der Waals surface area contributed by atoms with Crippen molar-refractivity contribution in [3.8, 4) is 0 Å². The molecular weight excluding hydrogens is 276 g/mol. The van der Waals surface area contributed by atoms with E-state index < -0.39 is 0 Å². The molecule has 0 fully saturated rings. The van der Waals surface area contributed by atoms with E-state index in [1.165, 1.54) is 0 Å². The highest BCUT2D eigenvalue weighted by atomic mass is 16.2. The van der Waals surface area contributed by atoms with E-state index in [0.717, 1.165) is 31.0 Å². The van der Waals surface area contributed by atoms with Gasteiger partial charge in [0.1, 0.15) is 5.82 Å². The molecule has 0 radical (unpaired) electrons. The minimum absolute atomic E-state index is 0.0207. The van der Waals surface area contributed by atoms with Crippen molar-refractivity contribution >= 4 is 11.4 Å². The Morgan fingerprint density at radius 2 is 2.00 bits per heavy atom. The normalized spacial score (nSPS) is 11.6. The Morgan fingerprint density at radius 3 is 2.64 bits per heavy atom. The van der Waals surface area contributed by atoms with Gasteiger partial charge in [0.25, 0.3) is 5.91 Å². The molecule has 0 saturated carbocycles. The molecule has 5 nitrogen and oxygen atoms in total. The molecule has 0 aliphatic heterocycles. The van der Waals surface area contributed by atoms with E-state index >= 15 is 0 Å². The van der Waals surface area contributed by atoms with Crippen LogP contribution in [0.15, 0.2) is 24.4 Å². The molecule has 0 bridgehead atoms. The fraction of sp³-hybridized carbons (Fsp3) is 0.529. The van der Waals surface area contributed by atoms with Crippen LogP contribution in [0.25, 0.3) is 5.52 Å². The summed E-state index contributed by atoms with van der Waals surface area (Å²) in [5.74, 6) is 1.30. The maximum Gasteiger partial charge on any atom is 0.274 e. The van der Waals surface area contributed by atoms with Gasteiger partial charge in [-0.2, -0.15) is 0 Å². The van der Waals surface area contributed by atoms with Crippen LogP contribution in [-0.4, -0.2) is 58.8 Å². The predicted octanol–water partition coefficient (Wildman–Crippen LogP) is 2.30. The number of likely N-dealkylation sites (N-methyl/N-ethyl adjacent to an activating group) is 1. The number of carbonyl (C=O) groups is 1. The van der Waals surface area contributed by atoms with Crippen molar-refractivity contribution in [3.05, 3.63) is 35.9 Å². The van der Waals surface area contributed by atoms with E-state index in [1.807, 2.05) is 54.7 Å². The second-order valence-electron chi connectivity index (χ2n) is 6.41. The van der Waals surface area contributed by atoms with Crippen molar-refractivity contribution in [3.63, 3.8) is 0 Å². The number of hydrogen-bond acceptors (Lipinski definition) is 3. The Labute approximate surface area is 132 Å². The highest BCUT2D eigenvalue weighted by molar-refractivity contribution is 5.99. The van der Waals surface area contributed by atoms with Crippen molar-refractivity contribution in [1.29, 1.82) is 0 Å². The van der Waals surface area contributed by atoms with Crippen molar-refractivity contribution in [1.82, 2.24) is 19.2 Å². The molecule has 120 valence electrons. The average Bonchev–Trinajstić information content (AvgIpc) is 2.80. The van der Waals surface area contributed by atoms with Gasteiger partial charge in [0.05, 0.1) is 5.52 Å². The summed E-state index contributed by atoms with van der Waals surface area (Å²) in [6, 6.07) is 5.85. The third-order valence-corrected chi connectivity index (χ3v) is 3.62. The van der Waals surface area contributed by atoms with E-state index in [-0.39, 0.29) is 5.91 Å². The van der Waals surface area contributed by atoms with Crippen molar-refractivity contribution in [2.45, 2.75) is 20.8 Å². The first-order valence-corrected chi connectivity index (χ1v) is 7.78. The second kappa shape index (κ2) is 6.92. The zero-order valence-corrected chi connectivity index (χ0v) is 14.2. The molecule has 0 saturated heterocycles. The van der Waals surface area contributed by atoms with Crippen molar-refractivity contribution < 1.29 is 4.79 Å². The summed E-state index contributed by atoms with van der Waals surface area (Å²) in [4.78, 5) is 21.5. The smallest absolute Gasteiger partial charge is 0.274 e. The SMILES string of the molecule is Cc1nc(C(=O)N(CCN(C)C)CC(C)C)c2ccccn12. The van der Waals surface area contributed by atoms with Gasteiger partial charge in [-0.15, -0.1) is 0 Å². The van der Waals surface area contributed by atoms with E-state index in [4.69, 9.17) is 0 Å². The molecule has 0 aliphatic carbocycles. The number of nitrogens with zero attached hydrogens (tertiary/aromatic N) is 4. The number of aromatic nitrogens is 2. The number of amides is 1. The van der Waals surface area contributed by atoms with Crippen LogP contribution < -0.4 is 0 Å². The van der Waals surface area contributed by atoms with Gasteiger partial charge in [-0.1, -0.05) is 19.9 Å². The summed E-state index contributed by atoms with van der Waals surface area (Å²) in [5, 5.41) is 0. The molecule has 0 spiro atoms. The van der Waals surface area contributed by atoms with Gasteiger partial charge < -0.3 is 14.2 Å². The first-order chi connectivity index (χ1) is 10.4. The van der Waals surface area contributed by atoms with E-state index in [1.54, 1.807) is 0 Å². The van der Waals surface area contributed by atoms with Crippen LogP contribution in [-0.2, 0) is 0 Å². The standard InChI is InChI=1S/C17H26N4O/c1-13(2)12-20(11-10-19(4)5)17(22)16-15-8-6-7-9-21(15)14(3)18-16/h6-9,13H,10-12H2,1-5H3. The fourth-order valence-corrected chi connectivity index (χ4v) is 2.54. The van der Waals surface area contributed by atoms with Gasteiger partial charge in [0.15, 0.2) is 5.69 Å². The van der Waals surface area contributed by atoms with Crippen LogP contribution >= 0.6 is 0 Å². The van der Waals surface area contributed by atoms with Crippen molar-refractivity contribution in [2.24, 2.45) is 5.92 Å². The third kappa shape index (κ3) is 3.65. The van der Waals surface area contributed by atoms with E-state index in [2.05, 4.69) is 23.7 Å². The predicted molar refractivity (Wildman–Crippen MR) is 89.2 cm³/mol. The topological polar surface area (TPSA) is 40.9 Å². The number of fused-ring (bicyclic) bond motifs is 1. The number of aryl methyl sites for hydroxylation is 1. The zero-order valence-electron chi connectivity index (χ0n) is 14.2. The van der Waals surface area contributed by atoms with Gasteiger partial charge in [0.2, 0.25) is 0 Å². The molecule has 0 aliphatic rings. The quantitative estimate of drug-likeness (QED) is 0.822.